The first-order valence-electron chi connectivity index (χ1n) is 8.28. The summed E-state index contributed by atoms with van der Waals surface area (Å²) in [6.45, 7) is 9.93. The Balaban J connectivity index is 1.69. The summed E-state index contributed by atoms with van der Waals surface area (Å²) in [6, 6.07) is 2.30. The lowest BCUT2D eigenvalue weighted by atomic mass is 9.94. The highest BCUT2D eigenvalue weighted by Gasteiger charge is 2.37. The smallest absolute Gasteiger partial charge is 0.0625 e. The first-order chi connectivity index (χ1) is 9.74. The molecule has 1 N–H and O–H groups in total. The van der Waals surface area contributed by atoms with Crippen LogP contribution in [0.3, 0.4) is 0 Å². The molecular weight excluding hydrogens is 248 g/mol. The number of piperazine rings is 1. The third-order valence-electron chi connectivity index (χ3n) is 4.98. The van der Waals surface area contributed by atoms with Crippen LogP contribution in [0.15, 0.2) is 6.07 Å². The molecule has 4 heteroatoms. The standard InChI is InChI=1S/C16H28N4/c1-3-14-11-15(20(4-2)18-14)12-19-10-9-17-16(13-19)7-5-6-8-16/h11,17H,3-10,12-13H2,1-2H3. The maximum Gasteiger partial charge on any atom is 0.0625 e. The van der Waals surface area contributed by atoms with E-state index in [-0.39, 0.29) is 0 Å². The highest BCUT2D eigenvalue weighted by molar-refractivity contribution is 5.11. The van der Waals surface area contributed by atoms with Crippen molar-refractivity contribution in [2.24, 2.45) is 0 Å². The minimum atomic E-state index is 0.420. The van der Waals surface area contributed by atoms with Crippen molar-refractivity contribution in [2.45, 2.75) is 64.6 Å². The topological polar surface area (TPSA) is 33.1 Å². The van der Waals surface area contributed by atoms with Gasteiger partial charge in [0.1, 0.15) is 0 Å². The summed E-state index contributed by atoms with van der Waals surface area (Å²) in [5, 5.41) is 8.47. The van der Waals surface area contributed by atoms with Gasteiger partial charge in [0.15, 0.2) is 0 Å². The van der Waals surface area contributed by atoms with E-state index in [2.05, 4.69) is 39.9 Å². The van der Waals surface area contributed by atoms with E-state index >= 15 is 0 Å². The molecule has 1 saturated carbocycles. The molecule has 0 amide bonds. The van der Waals surface area contributed by atoms with Gasteiger partial charge in [-0.3, -0.25) is 9.58 Å². The predicted octanol–water partition coefficient (Wildman–Crippen LogP) is 2.18. The summed E-state index contributed by atoms with van der Waals surface area (Å²) >= 11 is 0. The van der Waals surface area contributed by atoms with Crippen molar-refractivity contribution in [3.8, 4) is 0 Å². The zero-order valence-electron chi connectivity index (χ0n) is 13.0. The molecule has 0 unspecified atom stereocenters. The largest absolute Gasteiger partial charge is 0.309 e. The van der Waals surface area contributed by atoms with Gasteiger partial charge < -0.3 is 5.32 Å². The number of nitrogens with zero attached hydrogens (tertiary/aromatic N) is 3. The van der Waals surface area contributed by atoms with Crippen LogP contribution in [0.25, 0.3) is 0 Å². The van der Waals surface area contributed by atoms with E-state index in [4.69, 9.17) is 0 Å². The number of nitrogens with one attached hydrogen (secondary N) is 1. The fourth-order valence-electron chi connectivity index (χ4n) is 3.88. The van der Waals surface area contributed by atoms with Crippen molar-refractivity contribution < 1.29 is 0 Å². The predicted molar refractivity (Wildman–Crippen MR) is 81.8 cm³/mol. The number of aromatic nitrogens is 2. The van der Waals surface area contributed by atoms with Gasteiger partial charge in [0.2, 0.25) is 0 Å². The zero-order valence-corrected chi connectivity index (χ0v) is 13.0. The minimum Gasteiger partial charge on any atom is -0.309 e. The number of aryl methyl sites for hydroxylation is 2. The Hall–Kier alpha value is -0.870. The highest BCUT2D eigenvalue weighted by atomic mass is 15.3. The van der Waals surface area contributed by atoms with Crippen LogP contribution in [0.5, 0.6) is 0 Å². The van der Waals surface area contributed by atoms with Gasteiger partial charge in [-0.05, 0) is 32.3 Å². The molecule has 1 saturated heterocycles. The molecule has 20 heavy (non-hydrogen) atoms. The number of rotatable bonds is 4. The van der Waals surface area contributed by atoms with Gasteiger partial charge in [0.25, 0.3) is 0 Å². The van der Waals surface area contributed by atoms with Crippen molar-refractivity contribution in [3.63, 3.8) is 0 Å². The SMILES string of the molecule is CCc1cc(CN2CCNC3(CCCC3)C2)n(CC)n1. The lowest BCUT2D eigenvalue weighted by molar-refractivity contribution is 0.126. The average molecular weight is 276 g/mol. The normalized spacial score (nSPS) is 22.7. The summed E-state index contributed by atoms with van der Waals surface area (Å²) in [4.78, 5) is 2.63. The molecule has 2 heterocycles. The first kappa shape index (κ1) is 14.1. The third-order valence-corrected chi connectivity index (χ3v) is 4.98. The van der Waals surface area contributed by atoms with Gasteiger partial charge >= 0.3 is 0 Å². The van der Waals surface area contributed by atoms with Crippen LogP contribution in [0, 0.1) is 0 Å². The van der Waals surface area contributed by atoms with Gasteiger partial charge in [-0.15, -0.1) is 0 Å². The summed E-state index contributed by atoms with van der Waals surface area (Å²) < 4.78 is 2.18. The molecular formula is C16H28N4. The maximum absolute atomic E-state index is 4.68. The van der Waals surface area contributed by atoms with Gasteiger partial charge in [0, 0.05) is 38.3 Å². The van der Waals surface area contributed by atoms with E-state index in [1.54, 1.807) is 0 Å². The summed E-state index contributed by atoms with van der Waals surface area (Å²) in [6.07, 6.45) is 6.54. The Morgan fingerprint density at radius 3 is 2.80 bits per heavy atom. The van der Waals surface area contributed by atoms with Crippen molar-refractivity contribution in [3.05, 3.63) is 17.5 Å². The molecule has 0 atom stereocenters. The fourth-order valence-corrected chi connectivity index (χ4v) is 3.88. The molecule has 1 spiro atoms. The molecule has 2 fully saturated rings. The Morgan fingerprint density at radius 1 is 1.30 bits per heavy atom. The molecule has 1 aliphatic carbocycles. The second-order valence-corrected chi connectivity index (χ2v) is 6.42. The van der Waals surface area contributed by atoms with E-state index in [1.807, 2.05) is 0 Å². The van der Waals surface area contributed by atoms with Gasteiger partial charge in [-0.1, -0.05) is 19.8 Å². The van der Waals surface area contributed by atoms with Gasteiger partial charge in [-0.2, -0.15) is 5.10 Å². The van der Waals surface area contributed by atoms with Gasteiger partial charge in [0.05, 0.1) is 11.4 Å². The Bertz CT molecular complexity index is 445. The number of hydrogen-bond acceptors (Lipinski definition) is 3. The highest BCUT2D eigenvalue weighted by Crippen LogP contribution is 2.32. The molecule has 112 valence electrons. The van der Waals surface area contributed by atoms with E-state index in [9.17, 15) is 0 Å². The van der Waals surface area contributed by atoms with Crippen molar-refractivity contribution in [1.29, 1.82) is 0 Å². The maximum atomic E-state index is 4.68. The molecule has 3 rings (SSSR count). The minimum absolute atomic E-state index is 0.420. The monoisotopic (exact) mass is 276 g/mol. The van der Waals surface area contributed by atoms with Gasteiger partial charge in [-0.25, -0.2) is 0 Å². The van der Waals surface area contributed by atoms with E-state index in [0.717, 1.165) is 32.6 Å². The molecule has 1 aromatic rings. The average Bonchev–Trinajstić information content (AvgIpc) is 3.06. The fraction of sp³-hybridized carbons (Fsp3) is 0.812. The van der Waals surface area contributed by atoms with Crippen LogP contribution in [-0.4, -0.2) is 39.9 Å². The lowest BCUT2D eigenvalue weighted by Gasteiger charge is -2.41. The molecule has 2 aliphatic rings. The van der Waals surface area contributed by atoms with Crippen molar-refractivity contribution in [1.82, 2.24) is 20.0 Å². The molecule has 1 aliphatic heterocycles. The van der Waals surface area contributed by atoms with E-state index < -0.39 is 0 Å². The van der Waals surface area contributed by atoms with Crippen LogP contribution in [0.1, 0.15) is 50.9 Å². The first-order valence-corrected chi connectivity index (χ1v) is 8.28. The Labute approximate surface area is 122 Å². The Morgan fingerprint density at radius 2 is 2.10 bits per heavy atom. The molecule has 0 aromatic carbocycles. The molecule has 0 radical (unpaired) electrons. The summed E-state index contributed by atoms with van der Waals surface area (Å²) in [5.41, 5.74) is 3.04. The van der Waals surface area contributed by atoms with Crippen molar-refractivity contribution >= 4 is 0 Å². The van der Waals surface area contributed by atoms with E-state index in [1.165, 1.54) is 43.6 Å². The third kappa shape index (κ3) is 2.77. The van der Waals surface area contributed by atoms with E-state index in [0.29, 0.717) is 5.54 Å². The zero-order chi connectivity index (χ0) is 14.0. The summed E-state index contributed by atoms with van der Waals surface area (Å²) in [5.74, 6) is 0. The molecule has 0 bridgehead atoms. The van der Waals surface area contributed by atoms with Crippen LogP contribution >= 0.6 is 0 Å². The second-order valence-electron chi connectivity index (χ2n) is 6.42. The Kier molecular flexibility index (Phi) is 4.13. The van der Waals surface area contributed by atoms with Crippen molar-refractivity contribution in [2.75, 3.05) is 19.6 Å². The lowest BCUT2D eigenvalue weighted by Crippen LogP contribution is -2.58. The van der Waals surface area contributed by atoms with Crippen LogP contribution in [0.2, 0.25) is 0 Å². The number of hydrogen-bond donors (Lipinski definition) is 1. The molecule has 1 aromatic heterocycles. The quantitative estimate of drug-likeness (QED) is 0.915. The van der Waals surface area contributed by atoms with Crippen LogP contribution < -0.4 is 5.32 Å². The van der Waals surface area contributed by atoms with Crippen LogP contribution in [0.4, 0.5) is 0 Å². The molecule has 4 nitrogen and oxygen atoms in total. The summed E-state index contributed by atoms with van der Waals surface area (Å²) in [7, 11) is 0. The second kappa shape index (κ2) is 5.86. The van der Waals surface area contributed by atoms with Crippen LogP contribution in [-0.2, 0) is 19.5 Å².